The highest BCUT2D eigenvalue weighted by Gasteiger charge is 2.63. The number of anilines is 1. The van der Waals surface area contributed by atoms with Gasteiger partial charge in [0, 0.05) is 37.2 Å². The summed E-state index contributed by atoms with van der Waals surface area (Å²) in [5.74, 6) is -6.37. The van der Waals surface area contributed by atoms with Crippen LogP contribution in [0.3, 0.4) is 0 Å². The molecule has 2 aromatic rings. The lowest BCUT2D eigenvalue weighted by molar-refractivity contribution is -0.148. The van der Waals surface area contributed by atoms with E-state index in [1.54, 1.807) is 32.3 Å². The molecular weight excluding hydrogens is 532 g/mol. The van der Waals surface area contributed by atoms with E-state index in [1.165, 1.54) is 31.1 Å². The number of likely N-dealkylation sites (N-methyl/N-ethyl adjacent to an activating group) is 2. The number of amides is 2. The number of rotatable bonds is 4. The number of fused-ring (bicyclic) bond motifs is 3. The number of carbonyl (C=O) groups excluding carboxylic acids is 4. The van der Waals surface area contributed by atoms with Crippen LogP contribution in [0.1, 0.15) is 29.3 Å². The van der Waals surface area contributed by atoms with Crippen LogP contribution in [0, 0.1) is 11.8 Å². The zero-order valence-electron chi connectivity index (χ0n) is 22.8. The summed E-state index contributed by atoms with van der Waals surface area (Å²) in [5.41, 5.74) is -1.94. The summed E-state index contributed by atoms with van der Waals surface area (Å²) in [6.07, 6.45) is 1.69. The number of ketones is 2. The van der Waals surface area contributed by atoms with E-state index >= 15 is 0 Å². The van der Waals surface area contributed by atoms with Crippen LogP contribution >= 0.6 is 0 Å². The number of carbonyl (C=O) groups is 4. The third-order valence-corrected chi connectivity index (χ3v) is 8.19. The smallest absolute Gasteiger partial charge is 0.258 e. The number of hydrogen-bond acceptors (Lipinski definition) is 10. The molecule has 4 unspecified atom stereocenters. The number of phenols is 1. The maximum atomic E-state index is 13.9. The molecule has 12 heteroatoms. The first-order valence-electron chi connectivity index (χ1n) is 13.0. The van der Waals surface area contributed by atoms with E-state index in [9.17, 15) is 39.6 Å². The number of nitrogens with zero attached hydrogens (tertiary/aromatic N) is 2. The molecule has 1 aromatic carbocycles. The van der Waals surface area contributed by atoms with Gasteiger partial charge >= 0.3 is 0 Å². The molecule has 2 amide bonds. The number of aliphatic hydroxyl groups is 3. The second-order valence-corrected chi connectivity index (χ2v) is 10.8. The van der Waals surface area contributed by atoms with Crippen molar-refractivity contribution in [3.8, 4) is 16.9 Å². The number of phenolic OH excluding ortho intramolecular Hbond substituents is 1. The first-order valence-corrected chi connectivity index (χ1v) is 13.0. The minimum absolute atomic E-state index is 0.00948. The van der Waals surface area contributed by atoms with E-state index in [2.05, 4.69) is 15.6 Å². The van der Waals surface area contributed by atoms with Crippen LogP contribution in [0.15, 0.2) is 53.1 Å². The van der Waals surface area contributed by atoms with Crippen LogP contribution < -0.4 is 10.6 Å². The highest BCUT2D eigenvalue weighted by Crippen LogP contribution is 2.53. The van der Waals surface area contributed by atoms with Crippen molar-refractivity contribution in [3.05, 3.63) is 64.3 Å². The third kappa shape index (κ3) is 4.09. The Labute approximate surface area is 235 Å². The number of nitrogens with one attached hydrogen (secondary N) is 2. The Morgan fingerprint density at radius 3 is 2.39 bits per heavy atom. The fourth-order valence-corrected chi connectivity index (χ4v) is 6.43. The maximum Gasteiger partial charge on any atom is 0.258 e. The lowest BCUT2D eigenvalue weighted by Gasteiger charge is -2.50. The van der Waals surface area contributed by atoms with Gasteiger partial charge in [-0.05, 0) is 62.2 Å². The van der Waals surface area contributed by atoms with Crippen LogP contribution in [0.25, 0.3) is 11.1 Å². The Morgan fingerprint density at radius 1 is 1.10 bits per heavy atom. The van der Waals surface area contributed by atoms with E-state index < -0.39 is 58.0 Å². The fourth-order valence-electron chi connectivity index (χ4n) is 6.43. The summed E-state index contributed by atoms with van der Waals surface area (Å²) >= 11 is 0. The summed E-state index contributed by atoms with van der Waals surface area (Å²) in [6, 6.07) is 5.26. The molecule has 0 saturated carbocycles. The second kappa shape index (κ2) is 9.82. The number of aromatic hydroxyl groups is 1. The van der Waals surface area contributed by atoms with Crippen molar-refractivity contribution in [1.82, 2.24) is 15.2 Å². The first-order chi connectivity index (χ1) is 19.3. The zero-order valence-corrected chi connectivity index (χ0v) is 22.8. The first kappa shape index (κ1) is 28.0. The molecule has 6 N–H and O–H groups in total. The van der Waals surface area contributed by atoms with E-state index in [0.717, 1.165) is 0 Å². The van der Waals surface area contributed by atoms with Crippen LogP contribution in [-0.2, 0) is 20.8 Å². The van der Waals surface area contributed by atoms with Crippen molar-refractivity contribution in [2.45, 2.75) is 31.4 Å². The highest BCUT2D eigenvalue weighted by molar-refractivity contribution is 6.25. The van der Waals surface area contributed by atoms with Crippen molar-refractivity contribution in [3.63, 3.8) is 0 Å². The van der Waals surface area contributed by atoms with Gasteiger partial charge in [0.05, 0.1) is 11.6 Å². The molecule has 0 radical (unpaired) electrons. The van der Waals surface area contributed by atoms with Gasteiger partial charge in [-0.25, -0.2) is 4.98 Å². The van der Waals surface area contributed by atoms with Crippen molar-refractivity contribution in [1.29, 1.82) is 0 Å². The summed E-state index contributed by atoms with van der Waals surface area (Å²) in [7, 11) is 4.46. The number of benzene rings is 1. The molecule has 3 aliphatic carbocycles. The molecule has 4 atom stereocenters. The molecule has 0 saturated heterocycles. The van der Waals surface area contributed by atoms with E-state index in [-0.39, 0.29) is 35.6 Å². The predicted molar refractivity (Wildman–Crippen MR) is 146 cm³/mol. The van der Waals surface area contributed by atoms with Crippen LogP contribution in [0.2, 0.25) is 0 Å². The van der Waals surface area contributed by atoms with Crippen LogP contribution in [0.4, 0.5) is 5.82 Å². The van der Waals surface area contributed by atoms with Gasteiger partial charge in [-0.15, -0.1) is 0 Å². The van der Waals surface area contributed by atoms with Crippen LogP contribution in [0.5, 0.6) is 5.75 Å². The SMILES string of the molecule is CNC(=O)C1=C(O)C(N(C)C)C2CC3Cc4c(-c5ccc(NC(C)=O)nc5)ccc(O)c4C(=O)C3=C(O)C2(O)C1=O. The van der Waals surface area contributed by atoms with Gasteiger partial charge in [0.25, 0.3) is 5.91 Å². The minimum Gasteiger partial charge on any atom is -0.510 e. The predicted octanol–water partition coefficient (Wildman–Crippen LogP) is 1.40. The average Bonchev–Trinajstić information content (AvgIpc) is 2.91. The molecule has 0 aliphatic heterocycles. The van der Waals surface area contributed by atoms with E-state index in [0.29, 0.717) is 22.5 Å². The highest BCUT2D eigenvalue weighted by atomic mass is 16.3. The molecule has 0 fully saturated rings. The van der Waals surface area contributed by atoms with Gasteiger partial charge in [-0.2, -0.15) is 0 Å². The Hall–Kier alpha value is -4.55. The van der Waals surface area contributed by atoms with Crippen LogP contribution in [-0.4, -0.2) is 86.5 Å². The summed E-state index contributed by atoms with van der Waals surface area (Å²) in [5, 5.41) is 49.9. The Bertz CT molecular complexity index is 1580. The van der Waals surface area contributed by atoms with Crippen molar-refractivity contribution in [2.24, 2.45) is 11.8 Å². The number of Topliss-reactive ketones (excluding diaryl/α,β-unsaturated/α-hetero) is 2. The third-order valence-electron chi connectivity index (χ3n) is 8.19. The molecule has 41 heavy (non-hydrogen) atoms. The zero-order chi connectivity index (χ0) is 30.0. The molecule has 5 rings (SSSR count). The Balaban J connectivity index is 1.66. The van der Waals surface area contributed by atoms with Gasteiger partial charge in [-0.3, -0.25) is 24.1 Å². The summed E-state index contributed by atoms with van der Waals surface area (Å²) in [4.78, 5) is 57.2. The quantitative estimate of drug-likeness (QED) is 0.297. The number of aliphatic hydroxyl groups excluding tert-OH is 2. The molecule has 0 bridgehead atoms. The molecule has 0 spiro atoms. The summed E-state index contributed by atoms with van der Waals surface area (Å²) < 4.78 is 0. The lowest BCUT2D eigenvalue weighted by Crippen LogP contribution is -2.63. The monoisotopic (exact) mass is 562 g/mol. The Kier molecular flexibility index (Phi) is 6.71. The maximum absolute atomic E-state index is 13.9. The van der Waals surface area contributed by atoms with Gasteiger partial charge in [0.2, 0.25) is 11.7 Å². The number of aromatic nitrogens is 1. The molecule has 1 heterocycles. The van der Waals surface area contributed by atoms with Gasteiger partial charge < -0.3 is 31.1 Å². The Morgan fingerprint density at radius 2 is 1.80 bits per heavy atom. The molecular formula is C29H30N4O8. The topological polar surface area (TPSA) is 189 Å². The molecule has 214 valence electrons. The molecule has 1 aromatic heterocycles. The number of hydrogen-bond donors (Lipinski definition) is 6. The fraction of sp³-hybridized carbons (Fsp3) is 0.345. The largest absolute Gasteiger partial charge is 0.510 e. The van der Waals surface area contributed by atoms with Crippen molar-refractivity contribution < 1.29 is 39.6 Å². The number of allylic oxidation sites excluding steroid dienone is 1. The number of pyridine rings is 1. The van der Waals surface area contributed by atoms with Gasteiger partial charge in [0.1, 0.15) is 28.7 Å². The molecule has 3 aliphatic rings. The van der Waals surface area contributed by atoms with E-state index in [4.69, 9.17) is 0 Å². The standard InChI is InChI=1S/C29H30N4O8/c1-12(34)32-19-8-5-13(11-31-19)15-6-7-18(35)21-16(15)9-14-10-17-23(33(3)4)25(37)22(28(40)30-2)27(39)29(17,41)26(38)20(14)24(21)36/h5-8,11,14,17,23,35,37-38,41H,9-10H2,1-4H3,(H,30,40)(H,31,32,34). The average molecular weight is 563 g/mol. The minimum atomic E-state index is -2.65. The second-order valence-electron chi connectivity index (χ2n) is 10.8. The molecule has 12 nitrogen and oxygen atoms in total. The van der Waals surface area contributed by atoms with Gasteiger partial charge in [-0.1, -0.05) is 6.07 Å². The lowest BCUT2D eigenvalue weighted by atomic mass is 9.58. The van der Waals surface area contributed by atoms with Crippen molar-refractivity contribution in [2.75, 3.05) is 26.5 Å². The van der Waals surface area contributed by atoms with Crippen molar-refractivity contribution >= 4 is 29.2 Å². The normalized spacial score (nSPS) is 25.5. The summed E-state index contributed by atoms with van der Waals surface area (Å²) in [6.45, 7) is 1.36. The van der Waals surface area contributed by atoms with E-state index in [1.807, 2.05) is 0 Å². The van der Waals surface area contributed by atoms with Gasteiger partial charge in [0.15, 0.2) is 11.4 Å².